The summed E-state index contributed by atoms with van der Waals surface area (Å²) in [5, 5.41) is 3.26. The summed E-state index contributed by atoms with van der Waals surface area (Å²) in [6.07, 6.45) is 2.33. The molecule has 8 nitrogen and oxygen atoms in total. The molecule has 1 fully saturated rings. The predicted molar refractivity (Wildman–Crippen MR) is 102 cm³/mol. The highest BCUT2D eigenvalue weighted by atomic mass is 35.5. The fourth-order valence-corrected chi connectivity index (χ4v) is 3.67. The Hall–Kier alpha value is -2.45. The number of nitrogens with zero attached hydrogens (tertiary/aromatic N) is 5. The number of anilines is 2. The second kappa shape index (κ2) is 7.66. The minimum absolute atomic E-state index is 0.0900. The monoisotopic (exact) mass is 388 g/mol. The molecule has 0 atom stereocenters. The van der Waals surface area contributed by atoms with Gasteiger partial charge < -0.3 is 19.9 Å². The van der Waals surface area contributed by atoms with E-state index < -0.39 is 0 Å². The quantitative estimate of drug-likeness (QED) is 0.799. The van der Waals surface area contributed by atoms with Crippen LogP contribution in [0.4, 0.5) is 11.5 Å². The van der Waals surface area contributed by atoms with Crippen molar-refractivity contribution >= 4 is 29.0 Å². The molecule has 142 valence electrons. The van der Waals surface area contributed by atoms with E-state index in [1.54, 1.807) is 18.1 Å². The molecule has 0 saturated carbocycles. The van der Waals surface area contributed by atoms with E-state index in [9.17, 15) is 4.79 Å². The van der Waals surface area contributed by atoms with Crippen molar-refractivity contribution in [1.82, 2.24) is 19.9 Å². The lowest BCUT2D eigenvalue weighted by Gasteiger charge is -2.30. The van der Waals surface area contributed by atoms with Crippen molar-refractivity contribution in [3.63, 3.8) is 0 Å². The average Bonchev–Trinajstić information content (AvgIpc) is 2.73. The minimum Gasteiger partial charge on any atom is -0.378 e. The Morgan fingerprint density at radius 2 is 2.07 bits per heavy atom. The Labute approximate surface area is 162 Å². The third-order valence-electron chi connectivity index (χ3n) is 4.90. The zero-order valence-corrected chi connectivity index (χ0v) is 15.9. The van der Waals surface area contributed by atoms with Crippen molar-refractivity contribution in [2.45, 2.75) is 13.0 Å². The van der Waals surface area contributed by atoms with Crippen LogP contribution in [0.2, 0.25) is 5.28 Å². The Kier molecular flexibility index (Phi) is 5.09. The first-order chi connectivity index (χ1) is 13.2. The smallest absolute Gasteiger partial charge is 0.272 e. The van der Waals surface area contributed by atoms with Crippen LogP contribution in [0.15, 0.2) is 18.3 Å². The maximum absolute atomic E-state index is 13.0. The molecule has 2 aromatic heterocycles. The maximum Gasteiger partial charge on any atom is 0.272 e. The fourth-order valence-electron chi connectivity index (χ4n) is 3.48. The Morgan fingerprint density at radius 1 is 1.26 bits per heavy atom. The SMILES string of the molecule is CNc1nc(Cl)nc2c1CN(C(=O)c1cc(N3CCOCC3)ccn1)CC2. The van der Waals surface area contributed by atoms with Gasteiger partial charge in [-0.1, -0.05) is 0 Å². The van der Waals surface area contributed by atoms with E-state index in [1.165, 1.54) is 0 Å². The van der Waals surface area contributed by atoms with Crippen molar-refractivity contribution in [3.8, 4) is 0 Å². The second-order valence-electron chi connectivity index (χ2n) is 6.49. The number of nitrogens with one attached hydrogen (secondary N) is 1. The largest absolute Gasteiger partial charge is 0.378 e. The lowest BCUT2D eigenvalue weighted by Crippen LogP contribution is -2.38. The van der Waals surface area contributed by atoms with Gasteiger partial charge in [-0.2, -0.15) is 0 Å². The van der Waals surface area contributed by atoms with Crippen LogP contribution in [0.25, 0.3) is 0 Å². The van der Waals surface area contributed by atoms with Crippen LogP contribution in [0.5, 0.6) is 0 Å². The van der Waals surface area contributed by atoms with Crippen LogP contribution in [0.1, 0.15) is 21.7 Å². The number of amides is 1. The number of carbonyl (C=O) groups excluding carboxylic acids is 1. The number of fused-ring (bicyclic) bond motifs is 1. The van der Waals surface area contributed by atoms with E-state index >= 15 is 0 Å². The number of morpholine rings is 1. The number of pyridine rings is 1. The van der Waals surface area contributed by atoms with Gasteiger partial charge in [-0.05, 0) is 23.7 Å². The molecule has 0 aromatic carbocycles. The number of hydrogen-bond acceptors (Lipinski definition) is 7. The number of halogens is 1. The molecule has 0 unspecified atom stereocenters. The molecule has 1 amide bonds. The van der Waals surface area contributed by atoms with Crippen LogP contribution in [0.3, 0.4) is 0 Å². The van der Waals surface area contributed by atoms with Gasteiger partial charge >= 0.3 is 0 Å². The van der Waals surface area contributed by atoms with E-state index in [1.807, 2.05) is 12.1 Å². The second-order valence-corrected chi connectivity index (χ2v) is 6.83. The molecule has 27 heavy (non-hydrogen) atoms. The van der Waals surface area contributed by atoms with Gasteiger partial charge in [0.15, 0.2) is 0 Å². The van der Waals surface area contributed by atoms with Crippen molar-refractivity contribution in [3.05, 3.63) is 40.6 Å². The van der Waals surface area contributed by atoms with Gasteiger partial charge in [0.25, 0.3) is 5.91 Å². The number of aromatic nitrogens is 3. The summed E-state index contributed by atoms with van der Waals surface area (Å²) in [6.45, 7) is 4.04. The first-order valence-corrected chi connectivity index (χ1v) is 9.34. The lowest BCUT2D eigenvalue weighted by molar-refractivity contribution is 0.0728. The fraction of sp³-hybridized carbons (Fsp3) is 0.444. The van der Waals surface area contributed by atoms with Crippen LogP contribution in [-0.4, -0.2) is 65.7 Å². The third kappa shape index (κ3) is 3.68. The first kappa shape index (κ1) is 17.9. The lowest BCUT2D eigenvalue weighted by atomic mass is 10.1. The first-order valence-electron chi connectivity index (χ1n) is 8.97. The molecule has 0 radical (unpaired) electrons. The van der Waals surface area contributed by atoms with E-state index in [2.05, 4.69) is 25.2 Å². The number of rotatable bonds is 3. The zero-order valence-electron chi connectivity index (χ0n) is 15.1. The molecule has 0 spiro atoms. The highest BCUT2D eigenvalue weighted by Crippen LogP contribution is 2.26. The number of hydrogen-bond donors (Lipinski definition) is 1. The van der Waals surface area contributed by atoms with E-state index in [0.717, 1.165) is 30.0 Å². The third-order valence-corrected chi connectivity index (χ3v) is 5.06. The molecule has 2 aromatic rings. The van der Waals surface area contributed by atoms with Gasteiger partial charge in [0.2, 0.25) is 5.28 Å². The summed E-state index contributed by atoms with van der Waals surface area (Å²) in [7, 11) is 1.78. The molecule has 9 heteroatoms. The van der Waals surface area contributed by atoms with Crippen LogP contribution >= 0.6 is 11.6 Å². The highest BCUT2D eigenvalue weighted by molar-refractivity contribution is 6.28. The molecule has 0 bridgehead atoms. The standard InChI is InChI=1S/C18H21ClN6O2/c1-20-16-13-11-25(5-3-14(13)22-18(19)23-16)17(26)15-10-12(2-4-21-15)24-6-8-27-9-7-24/h2,4,10H,3,5-9,11H2,1H3,(H,20,22,23). The molecular formula is C18H21ClN6O2. The summed E-state index contributed by atoms with van der Waals surface area (Å²) in [5.41, 5.74) is 3.24. The number of carbonyl (C=O) groups is 1. The normalized spacial score (nSPS) is 16.8. The van der Waals surface area contributed by atoms with Crippen LogP contribution < -0.4 is 10.2 Å². The minimum atomic E-state index is -0.0900. The van der Waals surface area contributed by atoms with Gasteiger partial charge in [0.1, 0.15) is 11.5 Å². The molecule has 2 aliphatic rings. The van der Waals surface area contributed by atoms with Crippen molar-refractivity contribution < 1.29 is 9.53 Å². The molecule has 0 aliphatic carbocycles. The highest BCUT2D eigenvalue weighted by Gasteiger charge is 2.27. The van der Waals surface area contributed by atoms with Crippen LogP contribution in [0, 0.1) is 0 Å². The number of ether oxygens (including phenoxy) is 1. The van der Waals surface area contributed by atoms with Crippen molar-refractivity contribution in [1.29, 1.82) is 0 Å². The summed E-state index contributed by atoms with van der Waals surface area (Å²) in [6, 6.07) is 3.79. The molecular weight excluding hydrogens is 368 g/mol. The van der Waals surface area contributed by atoms with Crippen molar-refractivity contribution in [2.24, 2.45) is 0 Å². The summed E-state index contributed by atoms with van der Waals surface area (Å²) >= 11 is 5.98. The van der Waals surface area contributed by atoms with Gasteiger partial charge in [0, 0.05) is 50.6 Å². The summed E-state index contributed by atoms with van der Waals surface area (Å²) in [4.78, 5) is 29.9. The molecule has 1 saturated heterocycles. The summed E-state index contributed by atoms with van der Waals surface area (Å²) < 4.78 is 5.40. The molecule has 4 rings (SSSR count). The topological polar surface area (TPSA) is 83.5 Å². The summed E-state index contributed by atoms with van der Waals surface area (Å²) in [5.74, 6) is 0.574. The van der Waals surface area contributed by atoms with Gasteiger partial charge in [-0.3, -0.25) is 9.78 Å². The Balaban J connectivity index is 1.55. The molecule has 4 heterocycles. The average molecular weight is 389 g/mol. The predicted octanol–water partition coefficient (Wildman–Crippen LogP) is 1.60. The van der Waals surface area contributed by atoms with Gasteiger partial charge in [-0.25, -0.2) is 9.97 Å². The van der Waals surface area contributed by atoms with E-state index in [4.69, 9.17) is 16.3 Å². The molecule has 1 N–H and O–H groups in total. The van der Waals surface area contributed by atoms with E-state index in [0.29, 0.717) is 44.2 Å². The molecule has 2 aliphatic heterocycles. The van der Waals surface area contributed by atoms with E-state index in [-0.39, 0.29) is 11.2 Å². The Morgan fingerprint density at radius 3 is 2.85 bits per heavy atom. The zero-order chi connectivity index (χ0) is 18.8. The van der Waals surface area contributed by atoms with Gasteiger partial charge in [0.05, 0.1) is 25.5 Å². The van der Waals surface area contributed by atoms with Gasteiger partial charge in [-0.15, -0.1) is 0 Å². The maximum atomic E-state index is 13.0. The van der Waals surface area contributed by atoms with Crippen molar-refractivity contribution in [2.75, 3.05) is 50.1 Å². The Bertz CT molecular complexity index is 838. The van der Waals surface area contributed by atoms with Crippen LogP contribution in [-0.2, 0) is 17.7 Å².